The molecule has 1 radical (unpaired) electrons. The van der Waals surface area contributed by atoms with Crippen LogP contribution in [0.4, 0.5) is 0 Å². The zero-order valence-corrected chi connectivity index (χ0v) is 24.8. The highest BCUT2D eigenvalue weighted by atomic mass is 14.4. The summed E-state index contributed by atoms with van der Waals surface area (Å²) in [5.74, 6) is 0. The zero-order chi connectivity index (χ0) is 26.2. The lowest BCUT2D eigenvalue weighted by Gasteiger charge is -2.33. The number of hydrogen-bond acceptors (Lipinski definition) is 0. The highest BCUT2D eigenvalue weighted by molar-refractivity contribution is 5.81. The van der Waals surface area contributed by atoms with Crippen molar-refractivity contribution in [3.8, 4) is 11.1 Å². The SMILES string of the molecule is CCCCCCCCc1ccc2c(c1)C(CCCCCCCC)(CCCCCCCC)c1c[c]ccc1-2. The highest BCUT2D eigenvalue weighted by Gasteiger charge is 2.42. The minimum atomic E-state index is 0.203. The van der Waals surface area contributed by atoms with E-state index in [1.807, 2.05) is 0 Å². The first-order valence-electron chi connectivity index (χ1n) is 16.4. The maximum Gasteiger partial charge on any atom is 0.0215 e. The summed E-state index contributed by atoms with van der Waals surface area (Å²) in [4.78, 5) is 0. The summed E-state index contributed by atoms with van der Waals surface area (Å²) in [6.45, 7) is 6.95. The molecule has 0 unspecified atom stereocenters. The molecule has 2 aromatic carbocycles. The van der Waals surface area contributed by atoms with Crippen molar-refractivity contribution < 1.29 is 0 Å². The van der Waals surface area contributed by atoms with Crippen molar-refractivity contribution in [2.45, 2.75) is 161 Å². The van der Waals surface area contributed by atoms with Crippen molar-refractivity contribution in [1.82, 2.24) is 0 Å². The zero-order valence-electron chi connectivity index (χ0n) is 24.8. The van der Waals surface area contributed by atoms with E-state index in [9.17, 15) is 0 Å². The number of hydrogen-bond donors (Lipinski definition) is 0. The van der Waals surface area contributed by atoms with Gasteiger partial charge in [-0.2, -0.15) is 0 Å². The summed E-state index contributed by atoms with van der Waals surface area (Å²) in [5, 5.41) is 0. The summed E-state index contributed by atoms with van der Waals surface area (Å²) < 4.78 is 0. The van der Waals surface area contributed by atoms with Crippen LogP contribution in [0, 0.1) is 6.07 Å². The summed E-state index contributed by atoms with van der Waals surface area (Å²) in [5.41, 5.74) is 8.04. The van der Waals surface area contributed by atoms with Crippen molar-refractivity contribution in [2.75, 3.05) is 0 Å². The second-order valence-electron chi connectivity index (χ2n) is 12.0. The molecule has 0 atom stereocenters. The molecule has 37 heavy (non-hydrogen) atoms. The molecule has 0 spiro atoms. The molecule has 0 aliphatic heterocycles. The first kappa shape index (κ1) is 30.0. The van der Waals surface area contributed by atoms with Crippen LogP contribution in [0.15, 0.2) is 36.4 Å². The van der Waals surface area contributed by atoms with Gasteiger partial charge in [-0.1, -0.05) is 160 Å². The minimum Gasteiger partial charge on any atom is -0.0654 e. The van der Waals surface area contributed by atoms with Gasteiger partial charge in [0.15, 0.2) is 0 Å². The fraction of sp³-hybridized carbons (Fsp3) is 0.676. The van der Waals surface area contributed by atoms with Crippen LogP contribution in [0.2, 0.25) is 0 Å². The molecule has 0 saturated heterocycles. The van der Waals surface area contributed by atoms with E-state index in [1.165, 1.54) is 146 Å². The number of unbranched alkanes of at least 4 members (excludes halogenated alkanes) is 15. The van der Waals surface area contributed by atoms with E-state index in [4.69, 9.17) is 0 Å². The third-order valence-corrected chi connectivity index (χ3v) is 9.00. The Kier molecular flexibility index (Phi) is 13.9. The second-order valence-corrected chi connectivity index (χ2v) is 12.0. The van der Waals surface area contributed by atoms with Crippen molar-refractivity contribution in [2.24, 2.45) is 0 Å². The normalized spacial score (nSPS) is 13.6. The number of aryl methyl sites for hydroxylation is 1. The van der Waals surface area contributed by atoms with E-state index in [0.29, 0.717) is 0 Å². The molecule has 1 aliphatic carbocycles. The van der Waals surface area contributed by atoms with Gasteiger partial charge in [-0.05, 0) is 65.6 Å². The first-order chi connectivity index (χ1) is 18.3. The van der Waals surface area contributed by atoms with Crippen LogP contribution in [-0.4, -0.2) is 0 Å². The lowest BCUT2D eigenvalue weighted by atomic mass is 9.70. The fourth-order valence-electron chi connectivity index (χ4n) is 6.77. The molecule has 2 aromatic rings. The predicted octanol–water partition coefficient (Wildman–Crippen LogP) is 12.2. The molecule has 205 valence electrons. The van der Waals surface area contributed by atoms with E-state index in [2.05, 4.69) is 63.2 Å². The van der Waals surface area contributed by atoms with Crippen LogP contribution in [0.1, 0.15) is 166 Å². The Labute approximate surface area is 231 Å². The van der Waals surface area contributed by atoms with Crippen molar-refractivity contribution in [1.29, 1.82) is 0 Å². The molecule has 0 amide bonds. The van der Waals surface area contributed by atoms with E-state index in [0.717, 1.165) is 0 Å². The maximum atomic E-state index is 3.49. The summed E-state index contributed by atoms with van der Waals surface area (Å²) in [6, 6.07) is 17.9. The molecule has 0 N–H and O–H groups in total. The van der Waals surface area contributed by atoms with Gasteiger partial charge in [0.1, 0.15) is 0 Å². The summed E-state index contributed by atoms with van der Waals surface area (Å²) in [6.07, 6.45) is 28.7. The van der Waals surface area contributed by atoms with Crippen LogP contribution in [0.5, 0.6) is 0 Å². The van der Waals surface area contributed by atoms with Gasteiger partial charge in [-0.15, -0.1) is 0 Å². The number of fused-ring (bicyclic) bond motifs is 3. The Hall–Kier alpha value is -1.56. The quantitative estimate of drug-likeness (QED) is 0.149. The molecule has 3 rings (SSSR count). The molecular weight excluding hydrogens is 444 g/mol. The molecule has 0 nitrogen and oxygen atoms in total. The van der Waals surface area contributed by atoms with Gasteiger partial charge in [-0.3, -0.25) is 0 Å². The maximum absolute atomic E-state index is 3.49. The van der Waals surface area contributed by atoms with Gasteiger partial charge < -0.3 is 0 Å². The second kappa shape index (κ2) is 17.1. The monoisotopic (exact) mass is 501 g/mol. The van der Waals surface area contributed by atoms with Crippen LogP contribution >= 0.6 is 0 Å². The largest absolute Gasteiger partial charge is 0.0654 e. The van der Waals surface area contributed by atoms with Crippen LogP contribution < -0.4 is 0 Å². The van der Waals surface area contributed by atoms with Crippen molar-refractivity contribution in [3.63, 3.8) is 0 Å². The molecule has 1 aliphatic rings. The average molecular weight is 502 g/mol. The summed E-state index contributed by atoms with van der Waals surface area (Å²) in [7, 11) is 0. The Morgan fingerprint density at radius 3 is 1.65 bits per heavy atom. The molecule has 0 heterocycles. The standard InChI is InChI=1S/C37H57/c1-4-7-10-13-16-19-24-32-27-28-34-33-25-20-21-26-35(33)37(36(34)31-32,29-22-17-14-11-8-5-2)30-23-18-15-12-9-6-3/h20,25-28,31H,4-19,22-24,29-30H2,1-3H3. The number of rotatable bonds is 21. The van der Waals surface area contributed by atoms with Gasteiger partial charge in [0, 0.05) is 5.41 Å². The van der Waals surface area contributed by atoms with E-state index >= 15 is 0 Å². The third-order valence-electron chi connectivity index (χ3n) is 9.00. The van der Waals surface area contributed by atoms with Gasteiger partial charge >= 0.3 is 0 Å². The van der Waals surface area contributed by atoms with Crippen LogP contribution in [0.3, 0.4) is 0 Å². The van der Waals surface area contributed by atoms with Gasteiger partial charge in [-0.25, -0.2) is 0 Å². The highest BCUT2D eigenvalue weighted by Crippen LogP contribution is 2.54. The van der Waals surface area contributed by atoms with Gasteiger partial charge in [0.25, 0.3) is 0 Å². The minimum absolute atomic E-state index is 0.203. The van der Waals surface area contributed by atoms with E-state index in [-0.39, 0.29) is 5.41 Å². The molecule has 0 heteroatoms. The molecular formula is C37H57. The number of benzene rings is 2. The van der Waals surface area contributed by atoms with E-state index in [1.54, 1.807) is 16.7 Å². The van der Waals surface area contributed by atoms with Crippen molar-refractivity contribution >= 4 is 0 Å². The van der Waals surface area contributed by atoms with Crippen LogP contribution in [-0.2, 0) is 11.8 Å². The lowest BCUT2D eigenvalue weighted by Crippen LogP contribution is -2.25. The van der Waals surface area contributed by atoms with Crippen LogP contribution in [0.25, 0.3) is 11.1 Å². The van der Waals surface area contributed by atoms with E-state index < -0.39 is 0 Å². The van der Waals surface area contributed by atoms with Gasteiger partial charge in [0.05, 0.1) is 0 Å². The Balaban J connectivity index is 1.78. The molecule has 0 saturated carbocycles. The molecule has 0 bridgehead atoms. The molecule has 0 fully saturated rings. The Morgan fingerprint density at radius 1 is 0.541 bits per heavy atom. The predicted molar refractivity (Wildman–Crippen MR) is 165 cm³/mol. The topological polar surface area (TPSA) is 0 Å². The third kappa shape index (κ3) is 8.73. The molecule has 0 aromatic heterocycles. The van der Waals surface area contributed by atoms with Gasteiger partial charge in [0.2, 0.25) is 0 Å². The fourth-order valence-corrected chi connectivity index (χ4v) is 6.77. The lowest BCUT2D eigenvalue weighted by molar-refractivity contribution is 0.397. The smallest absolute Gasteiger partial charge is 0.0215 e. The Morgan fingerprint density at radius 2 is 1.05 bits per heavy atom. The Bertz CT molecular complexity index is 859. The first-order valence-corrected chi connectivity index (χ1v) is 16.4. The van der Waals surface area contributed by atoms with Crippen molar-refractivity contribution in [3.05, 3.63) is 59.2 Å². The average Bonchev–Trinajstić information content (AvgIpc) is 3.19. The summed E-state index contributed by atoms with van der Waals surface area (Å²) >= 11 is 0.